The number of amides is 2. The predicted octanol–water partition coefficient (Wildman–Crippen LogP) is 1.41. The summed E-state index contributed by atoms with van der Waals surface area (Å²) in [5.41, 5.74) is 2.51. The third kappa shape index (κ3) is 3.78. The smallest absolute Gasteiger partial charge is 0.252 e. The van der Waals surface area contributed by atoms with Crippen molar-refractivity contribution in [3.63, 3.8) is 0 Å². The molecule has 1 aromatic carbocycles. The molecule has 4 rings (SSSR count). The highest BCUT2D eigenvalue weighted by atomic mass is 16.5. The van der Waals surface area contributed by atoms with Crippen molar-refractivity contribution in [3.8, 4) is 0 Å². The number of hydrogen-bond donors (Lipinski definition) is 2. The first kappa shape index (κ1) is 17.5. The van der Waals surface area contributed by atoms with Crippen LogP contribution < -0.4 is 15.5 Å². The molecule has 0 spiro atoms. The molecular weight excluding hydrogens is 344 g/mol. The van der Waals surface area contributed by atoms with E-state index in [0.717, 1.165) is 30.0 Å². The average Bonchev–Trinajstić information content (AvgIpc) is 3.03. The standard InChI is InChI=1S/C20H22N4O3/c25-18(12-17-15-5-1-2-6-16(15)20(26)23-17)22-13-14-4-3-7-21-19(14)24-8-10-27-11-9-24/h1-7,17H,8-13H2,(H,22,25)(H,23,26)/t17-/m0/s1. The number of benzene rings is 1. The van der Waals surface area contributed by atoms with Crippen LogP contribution in [0.15, 0.2) is 42.6 Å². The fourth-order valence-electron chi connectivity index (χ4n) is 3.56. The number of anilines is 1. The van der Waals surface area contributed by atoms with Crippen LogP contribution in [0.25, 0.3) is 0 Å². The molecule has 2 N–H and O–H groups in total. The number of nitrogens with zero attached hydrogens (tertiary/aromatic N) is 2. The summed E-state index contributed by atoms with van der Waals surface area (Å²) in [6, 6.07) is 11.0. The van der Waals surface area contributed by atoms with E-state index >= 15 is 0 Å². The number of nitrogens with one attached hydrogen (secondary N) is 2. The Hall–Kier alpha value is -2.93. The van der Waals surface area contributed by atoms with Crippen molar-refractivity contribution in [2.24, 2.45) is 0 Å². The molecule has 1 aromatic heterocycles. The maximum atomic E-state index is 12.5. The van der Waals surface area contributed by atoms with Gasteiger partial charge in [0.1, 0.15) is 5.82 Å². The number of pyridine rings is 1. The normalized spacial score (nSPS) is 18.7. The zero-order valence-electron chi connectivity index (χ0n) is 15.0. The summed E-state index contributed by atoms with van der Waals surface area (Å²) in [5, 5.41) is 5.84. The fourth-order valence-corrected chi connectivity index (χ4v) is 3.56. The highest BCUT2D eigenvalue weighted by molar-refractivity contribution is 5.99. The molecule has 2 aromatic rings. The Balaban J connectivity index is 1.39. The number of morpholine rings is 1. The van der Waals surface area contributed by atoms with Crippen molar-refractivity contribution in [2.75, 3.05) is 31.2 Å². The Labute approximate surface area is 157 Å². The van der Waals surface area contributed by atoms with E-state index in [4.69, 9.17) is 4.74 Å². The Bertz CT molecular complexity index is 849. The highest BCUT2D eigenvalue weighted by Gasteiger charge is 2.29. The number of carbonyl (C=O) groups is 2. The largest absolute Gasteiger partial charge is 0.378 e. The first-order valence-electron chi connectivity index (χ1n) is 9.15. The molecule has 140 valence electrons. The van der Waals surface area contributed by atoms with Crippen LogP contribution in [0, 0.1) is 0 Å². The number of carbonyl (C=O) groups excluding carboxylic acids is 2. The van der Waals surface area contributed by atoms with Crippen LogP contribution in [0.3, 0.4) is 0 Å². The molecular formula is C20H22N4O3. The molecule has 0 radical (unpaired) electrons. The lowest BCUT2D eigenvalue weighted by Crippen LogP contribution is -2.38. The van der Waals surface area contributed by atoms with Crippen LogP contribution in [0.2, 0.25) is 0 Å². The molecule has 1 saturated heterocycles. The van der Waals surface area contributed by atoms with Gasteiger partial charge in [0.05, 0.1) is 25.7 Å². The van der Waals surface area contributed by atoms with E-state index in [9.17, 15) is 9.59 Å². The van der Waals surface area contributed by atoms with Crippen LogP contribution in [-0.4, -0.2) is 43.1 Å². The zero-order valence-corrected chi connectivity index (χ0v) is 15.0. The van der Waals surface area contributed by atoms with Crippen molar-refractivity contribution in [2.45, 2.75) is 19.0 Å². The van der Waals surface area contributed by atoms with Crippen LogP contribution in [-0.2, 0) is 16.1 Å². The van der Waals surface area contributed by atoms with Crippen LogP contribution in [0.1, 0.15) is 33.9 Å². The van der Waals surface area contributed by atoms with E-state index in [1.807, 2.05) is 30.3 Å². The SMILES string of the molecule is O=C(C[C@@H]1NC(=O)c2ccccc21)NCc1cccnc1N1CCOCC1. The van der Waals surface area contributed by atoms with E-state index in [1.165, 1.54) is 0 Å². The van der Waals surface area contributed by atoms with Gasteiger partial charge in [-0.3, -0.25) is 9.59 Å². The van der Waals surface area contributed by atoms with Gasteiger partial charge in [-0.15, -0.1) is 0 Å². The summed E-state index contributed by atoms with van der Waals surface area (Å²) in [4.78, 5) is 31.1. The monoisotopic (exact) mass is 366 g/mol. The minimum absolute atomic E-state index is 0.103. The van der Waals surface area contributed by atoms with Gasteiger partial charge in [0.15, 0.2) is 0 Å². The molecule has 7 nitrogen and oxygen atoms in total. The van der Waals surface area contributed by atoms with Gasteiger partial charge >= 0.3 is 0 Å². The summed E-state index contributed by atoms with van der Waals surface area (Å²) in [7, 11) is 0. The first-order chi connectivity index (χ1) is 13.2. The molecule has 2 aliphatic rings. The second-order valence-corrected chi connectivity index (χ2v) is 6.68. The third-order valence-electron chi connectivity index (χ3n) is 4.93. The second-order valence-electron chi connectivity index (χ2n) is 6.68. The Morgan fingerprint density at radius 2 is 2.04 bits per heavy atom. The minimum Gasteiger partial charge on any atom is -0.378 e. The molecule has 7 heteroatoms. The van der Waals surface area contributed by atoms with E-state index in [0.29, 0.717) is 25.3 Å². The number of rotatable bonds is 5. The molecule has 2 amide bonds. The number of aromatic nitrogens is 1. The number of ether oxygens (including phenoxy) is 1. The van der Waals surface area contributed by atoms with E-state index < -0.39 is 0 Å². The zero-order chi connectivity index (χ0) is 18.6. The van der Waals surface area contributed by atoms with E-state index in [2.05, 4.69) is 20.5 Å². The maximum absolute atomic E-state index is 12.5. The maximum Gasteiger partial charge on any atom is 0.252 e. The van der Waals surface area contributed by atoms with Gasteiger partial charge in [-0.25, -0.2) is 4.98 Å². The lowest BCUT2D eigenvalue weighted by molar-refractivity contribution is -0.121. The Morgan fingerprint density at radius 1 is 1.22 bits per heavy atom. The van der Waals surface area contributed by atoms with Crippen LogP contribution in [0.5, 0.6) is 0 Å². The van der Waals surface area contributed by atoms with Crippen LogP contribution >= 0.6 is 0 Å². The van der Waals surface area contributed by atoms with Crippen molar-refractivity contribution < 1.29 is 14.3 Å². The molecule has 0 aliphatic carbocycles. The second kappa shape index (κ2) is 7.75. The quantitative estimate of drug-likeness (QED) is 0.836. The van der Waals surface area contributed by atoms with Crippen molar-refractivity contribution in [3.05, 3.63) is 59.3 Å². The summed E-state index contributed by atoms with van der Waals surface area (Å²) < 4.78 is 5.40. The van der Waals surface area contributed by atoms with Gasteiger partial charge in [0.2, 0.25) is 5.91 Å². The molecule has 27 heavy (non-hydrogen) atoms. The molecule has 1 atom stereocenters. The molecule has 1 fully saturated rings. The van der Waals surface area contributed by atoms with Crippen molar-refractivity contribution in [1.29, 1.82) is 0 Å². The van der Waals surface area contributed by atoms with E-state index in [1.54, 1.807) is 12.3 Å². The van der Waals surface area contributed by atoms with E-state index in [-0.39, 0.29) is 24.3 Å². The van der Waals surface area contributed by atoms with Gasteiger partial charge in [-0.2, -0.15) is 0 Å². The van der Waals surface area contributed by atoms with Crippen molar-refractivity contribution in [1.82, 2.24) is 15.6 Å². The molecule has 0 unspecified atom stereocenters. The predicted molar refractivity (Wildman–Crippen MR) is 100 cm³/mol. The molecule has 0 bridgehead atoms. The molecule has 2 aliphatic heterocycles. The first-order valence-corrected chi connectivity index (χ1v) is 9.15. The Kier molecular flexibility index (Phi) is 5.02. The van der Waals surface area contributed by atoms with Crippen molar-refractivity contribution >= 4 is 17.6 Å². The van der Waals surface area contributed by atoms with Gasteiger partial charge < -0.3 is 20.3 Å². The third-order valence-corrected chi connectivity index (χ3v) is 4.93. The molecule has 0 saturated carbocycles. The lowest BCUT2D eigenvalue weighted by atomic mass is 10.0. The summed E-state index contributed by atoms with van der Waals surface area (Å²) in [6.45, 7) is 3.36. The molecule has 3 heterocycles. The highest BCUT2D eigenvalue weighted by Crippen LogP contribution is 2.27. The van der Waals surface area contributed by atoms with Gasteiger partial charge in [0, 0.05) is 37.0 Å². The minimum atomic E-state index is -0.277. The summed E-state index contributed by atoms with van der Waals surface area (Å²) in [6.07, 6.45) is 1.98. The Morgan fingerprint density at radius 3 is 2.89 bits per heavy atom. The van der Waals surface area contributed by atoms with Gasteiger partial charge in [-0.1, -0.05) is 24.3 Å². The number of hydrogen-bond acceptors (Lipinski definition) is 5. The lowest BCUT2D eigenvalue weighted by Gasteiger charge is -2.29. The van der Waals surface area contributed by atoms with Gasteiger partial charge in [-0.05, 0) is 17.7 Å². The summed E-state index contributed by atoms with van der Waals surface area (Å²) >= 11 is 0. The summed E-state index contributed by atoms with van der Waals surface area (Å²) in [5.74, 6) is 0.666. The number of fused-ring (bicyclic) bond motifs is 1. The fraction of sp³-hybridized carbons (Fsp3) is 0.350. The average molecular weight is 366 g/mol. The van der Waals surface area contributed by atoms with Crippen LogP contribution in [0.4, 0.5) is 5.82 Å². The van der Waals surface area contributed by atoms with Gasteiger partial charge in [0.25, 0.3) is 5.91 Å². The topological polar surface area (TPSA) is 83.6 Å².